The van der Waals surface area contributed by atoms with Crippen molar-refractivity contribution in [1.29, 1.82) is 0 Å². The van der Waals surface area contributed by atoms with E-state index in [9.17, 15) is 4.79 Å². The van der Waals surface area contributed by atoms with E-state index in [2.05, 4.69) is 52.1 Å². The third-order valence-electron chi connectivity index (χ3n) is 7.95. The molecule has 2 aromatic rings. The molecule has 2 aliphatic heterocycles. The second kappa shape index (κ2) is 8.38. The lowest BCUT2D eigenvalue weighted by Gasteiger charge is -2.61. The maximum Gasteiger partial charge on any atom is 0.232 e. The summed E-state index contributed by atoms with van der Waals surface area (Å²) in [7, 11) is 0. The molecule has 1 aliphatic carbocycles. The van der Waals surface area contributed by atoms with Crippen molar-refractivity contribution in [3.05, 3.63) is 47.5 Å². The molecule has 1 amide bonds. The monoisotopic (exact) mass is 421 g/mol. The number of amides is 1. The van der Waals surface area contributed by atoms with Crippen LogP contribution in [-0.2, 0) is 17.9 Å². The molecule has 1 atom stereocenters. The van der Waals surface area contributed by atoms with Gasteiger partial charge in [0.2, 0.25) is 5.91 Å². The summed E-state index contributed by atoms with van der Waals surface area (Å²) in [6, 6.07) is 4.85. The quantitative estimate of drug-likeness (QED) is 0.682. The van der Waals surface area contributed by atoms with Crippen LogP contribution in [0.2, 0.25) is 0 Å². The maximum absolute atomic E-state index is 13.6. The van der Waals surface area contributed by atoms with Gasteiger partial charge in [-0.25, -0.2) is 0 Å². The SMILES string of the molecule is CCn1cc(CN2CCC(N3C(=O)C4(CCCCC4)C3c3ccncc3)CC2)c(C)n1. The number of β-lactam (4-membered cyclic amide) rings is 1. The zero-order valence-corrected chi connectivity index (χ0v) is 19.0. The Kier molecular flexibility index (Phi) is 5.59. The van der Waals surface area contributed by atoms with Crippen LogP contribution in [0.15, 0.2) is 30.7 Å². The van der Waals surface area contributed by atoms with Crippen molar-refractivity contribution < 1.29 is 4.79 Å². The van der Waals surface area contributed by atoms with Gasteiger partial charge in [0.05, 0.1) is 17.2 Å². The van der Waals surface area contributed by atoms with E-state index in [4.69, 9.17) is 0 Å². The second-order valence-electron chi connectivity index (χ2n) is 9.72. The van der Waals surface area contributed by atoms with Crippen LogP contribution in [0.3, 0.4) is 0 Å². The Morgan fingerprint density at radius 3 is 2.45 bits per heavy atom. The molecular weight excluding hydrogens is 386 g/mol. The minimum atomic E-state index is -0.150. The lowest BCUT2D eigenvalue weighted by atomic mass is 9.59. The van der Waals surface area contributed by atoms with E-state index in [1.54, 1.807) is 0 Å². The number of piperidine rings is 1. The van der Waals surface area contributed by atoms with Gasteiger partial charge >= 0.3 is 0 Å². The van der Waals surface area contributed by atoms with Crippen molar-refractivity contribution in [3.63, 3.8) is 0 Å². The van der Waals surface area contributed by atoms with Crippen LogP contribution in [0, 0.1) is 12.3 Å². The van der Waals surface area contributed by atoms with E-state index < -0.39 is 0 Å². The summed E-state index contributed by atoms with van der Waals surface area (Å²) in [5.41, 5.74) is 3.60. The first-order valence-electron chi connectivity index (χ1n) is 12.1. The van der Waals surface area contributed by atoms with E-state index in [0.717, 1.165) is 57.6 Å². The van der Waals surface area contributed by atoms with Crippen LogP contribution in [0.25, 0.3) is 0 Å². The molecule has 31 heavy (non-hydrogen) atoms. The average molecular weight is 422 g/mol. The molecule has 166 valence electrons. The molecule has 2 saturated heterocycles. The van der Waals surface area contributed by atoms with E-state index in [0.29, 0.717) is 11.9 Å². The fourth-order valence-electron chi connectivity index (χ4n) is 6.24. The van der Waals surface area contributed by atoms with Crippen molar-refractivity contribution in [1.82, 2.24) is 24.6 Å². The molecule has 3 fully saturated rings. The van der Waals surface area contributed by atoms with Crippen LogP contribution in [0.5, 0.6) is 0 Å². The van der Waals surface area contributed by atoms with E-state index in [1.807, 2.05) is 17.1 Å². The molecule has 0 aromatic carbocycles. The number of pyridine rings is 1. The van der Waals surface area contributed by atoms with E-state index in [-0.39, 0.29) is 11.5 Å². The van der Waals surface area contributed by atoms with Gasteiger partial charge in [0.25, 0.3) is 0 Å². The third kappa shape index (κ3) is 3.59. The van der Waals surface area contributed by atoms with Crippen molar-refractivity contribution >= 4 is 5.91 Å². The van der Waals surface area contributed by atoms with Crippen molar-refractivity contribution in [2.24, 2.45) is 5.41 Å². The highest BCUT2D eigenvalue weighted by Crippen LogP contribution is 2.59. The average Bonchev–Trinajstić information content (AvgIpc) is 3.18. The van der Waals surface area contributed by atoms with E-state index in [1.165, 1.54) is 30.4 Å². The highest BCUT2D eigenvalue weighted by Gasteiger charge is 2.62. The number of aryl methyl sites for hydroxylation is 2. The van der Waals surface area contributed by atoms with Gasteiger partial charge in [-0.3, -0.25) is 19.4 Å². The molecule has 0 radical (unpaired) electrons. The summed E-state index contributed by atoms with van der Waals surface area (Å²) in [5.74, 6) is 0.424. The normalized spacial score (nSPS) is 24.5. The molecule has 4 heterocycles. The molecule has 0 bridgehead atoms. The first-order chi connectivity index (χ1) is 15.1. The van der Waals surface area contributed by atoms with Gasteiger partial charge in [-0.15, -0.1) is 0 Å². The summed E-state index contributed by atoms with van der Waals surface area (Å²) in [5, 5.41) is 4.59. The highest BCUT2D eigenvalue weighted by atomic mass is 16.2. The first-order valence-corrected chi connectivity index (χ1v) is 12.1. The second-order valence-corrected chi connectivity index (χ2v) is 9.72. The number of carbonyl (C=O) groups excluding carboxylic acids is 1. The first kappa shape index (κ1) is 20.7. The van der Waals surface area contributed by atoms with Gasteiger partial charge in [-0.1, -0.05) is 19.3 Å². The summed E-state index contributed by atoms with van der Waals surface area (Å²) >= 11 is 0. The Morgan fingerprint density at radius 1 is 1.10 bits per heavy atom. The van der Waals surface area contributed by atoms with Crippen LogP contribution in [0.4, 0.5) is 0 Å². The number of carbonyl (C=O) groups is 1. The summed E-state index contributed by atoms with van der Waals surface area (Å²) in [6.07, 6.45) is 13.8. The maximum atomic E-state index is 13.6. The Bertz CT molecular complexity index is 909. The zero-order chi connectivity index (χ0) is 21.4. The third-order valence-corrected chi connectivity index (χ3v) is 7.95. The molecule has 1 spiro atoms. The predicted octanol–water partition coefficient (Wildman–Crippen LogP) is 4.10. The van der Waals surface area contributed by atoms with Crippen molar-refractivity contribution in [3.8, 4) is 0 Å². The summed E-state index contributed by atoms with van der Waals surface area (Å²) < 4.78 is 2.03. The molecule has 1 saturated carbocycles. The van der Waals surface area contributed by atoms with Crippen molar-refractivity contribution in [2.75, 3.05) is 13.1 Å². The van der Waals surface area contributed by atoms with Crippen molar-refractivity contribution in [2.45, 2.75) is 84.0 Å². The number of likely N-dealkylation sites (tertiary alicyclic amines) is 2. The van der Waals surface area contributed by atoms with Gasteiger partial charge in [0, 0.05) is 56.4 Å². The Morgan fingerprint density at radius 2 is 1.81 bits per heavy atom. The summed E-state index contributed by atoms with van der Waals surface area (Å²) in [4.78, 5) is 22.6. The smallest absolute Gasteiger partial charge is 0.232 e. The van der Waals surface area contributed by atoms with Crippen LogP contribution < -0.4 is 0 Å². The van der Waals surface area contributed by atoms with Gasteiger partial charge in [0.15, 0.2) is 0 Å². The lowest BCUT2D eigenvalue weighted by molar-refractivity contribution is -0.186. The van der Waals surface area contributed by atoms with Gasteiger partial charge in [-0.2, -0.15) is 5.10 Å². The Hall–Kier alpha value is -2.21. The highest BCUT2D eigenvalue weighted by molar-refractivity contribution is 5.91. The zero-order valence-electron chi connectivity index (χ0n) is 19.0. The standard InChI is InChI=1S/C25H35N5O/c1-3-29-18-21(19(2)27-29)17-28-15-9-22(10-16-28)30-23(20-7-13-26-14-8-20)25(24(30)31)11-5-4-6-12-25/h7-8,13-14,18,22-23H,3-6,9-12,15-17H2,1-2H3. The van der Waals surface area contributed by atoms with Gasteiger partial charge in [-0.05, 0) is 57.2 Å². The predicted molar refractivity (Wildman–Crippen MR) is 120 cm³/mol. The Labute approximate surface area is 185 Å². The number of hydrogen-bond acceptors (Lipinski definition) is 4. The molecule has 3 aliphatic rings. The van der Waals surface area contributed by atoms with Crippen LogP contribution >= 0.6 is 0 Å². The Balaban J connectivity index is 1.29. The fraction of sp³-hybridized carbons (Fsp3) is 0.640. The largest absolute Gasteiger partial charge is 0.331 e. The number of aromatic nitrogens is 3. The van der Waals surface area contributed by atoms with Gasteiger partial charge in [0.1, 0.15) is 0 Å². The lowest BCUT2D eigenvalue weighted by Crippen LogP contribution is -2.67. The number of hydrogen-bond donors (Lipinski definition) is 0. The van der Waals surface area contributed by atoms with E-state index >= 15 is 0 Å². The molecule has 6 nitrogen and oxygen atoms in total. The van der Waals surface area contributed by atoms with Crippen LogP contribution in [-0.4, -0.2) is 49.6 Å². The minimum absolute atomic E-state index is 0.150. The molecule has 5 rings (SSSR count). The summed E-state index contributed by atoms with van der Waals surface area (Å²) in [6.45, 7) is 8.20. The van der Waals surface area contributed by atoms with Gasteiger partial charge < -0.3 is 4.90 Å². The number of rotatable bonds is 5. The number of nitrogens with zero attached hydrogens (tertiary/aromatic N) is 5. The fourth-order valence-corrected chi connectivity index (χ4v) is 6.24. The molecule has 2 aromatic heterocycles. The molecular formula is C25H35N5O. The molecule has 0 N–H and O–H groups in total. The topological polar surface area (TPSA) is 54.3 Å². The minimum Gasteiger partial charge on any atom is -0.331 e. The van der Waals surface area contributed by atoms with Crippen LogP contribution in [0.1, 0.15) is 74.7 Å². The molecule has 6 heteroatoms. The molecule has 1 unspecified atom stereocenters.